The van der Waals surface area contributed by atoms with Crippen LogP contribution in [0.15, 0.2) is 0 Å². The van der Waals surface area contributed by atoms with Crippen LogP contribution in [0.4, 0.5) is 0 Å². The van der Waals surface area contributed by atoms with Crippen molar-refractivity contribution in [2.24, 2.45) is 0 Å². The van der Waals surface area contributed by atoms with Crippen LogP contribution in [-0.2, 0) is 9.47 Å². The van der Waals surface area contributed by atoms with Gasteiger partial charge in [0.25, 0.3) is 0 Å². The summed E-state index contributed by atoms with van der Waals surface area (Å²) in [5.74, 6) is 2.47. The predicted octanol–water partition coefficient (Wildman–Crippen LogP) is 2.20. The number of hydrogen-bond donors (Lipinski definition) is 1. The molecule has 3 rings (SSSR count). The van der Waals surface area contributed by atoms with Crippen molar-refractivity contribution in [2.75, 3.05) is 24.7 Å². The van der Waals surface area contributed by atoms with Crippen molar-refractivity contribution in [2.45, 2.75) is 62.8 Å². The Balaban J connectivity index is 1.52. The van der Waals surface area contributed by atoms with Gasteiger partial charge in [-0.25, -0.2) is 0 Å². The number of ether oxygens (including phenoxy) is 2. The van der Waals surface area contributed by atoms with Crippen LogP contribution in [0.25, 0.3) is 0 Å². The van der Waals surface area contributed by atoms with Crippen molar-refractivity contribution in [3.63, 3.8) is 0 Å². The lowest BCUT2D eigenvalue weighted by atomic mass is 9.89. The summed E-state index contributed by atoms with van der Waals surface area (Å²) >= 11 is 2.05. The van der Waals surface area contributed by atoms with Gasteiger partial charge in [-0.3, -0.25) is 0 Å². The van der Waals surface area contributed by atoms with Gasteiger partial charge in [0.2, 0.25) is 0 Å². The first-order valence-electron chi connectivity index (χ1n) is 7.37. The Morgan fingerprint density at radius 2 is 2.28 bits per heavy atom. The summed E-state index contributed by atoms with van der Waals surface area (Å²) in [7, 11) is 0. The highest BCUT2D eigenvalue weighted by Crippen LogP contribution is 2.38. The first-order chi connectivity index (χ1) is 8.77. The topological polar surface area (TPSA) is 30.5 Å². The third-order valence-electron chi connectivity index (χ3n) is 4.58. The van der Waals surface area contributed by atoms with Crippen LogP contribution in [0.3, 0.4) is 0 Å². The molecule has 3 aliphatic heterocycles. The largest absolute Gasteiger partial charge is 0.377 e. The third-order valence-corrected chi connectivity index (χ3v) is 5.80. The van der Waals surface area contributed by atoms with E-state index in [0.717, 1.165) is 19.6 Å². The summed E-state index contributed by atoms with van der Waals surface area (Å²) in [6.07, 6.45) is 6.47. The number of thioether (sulfide) groups is 1. The summed E-state index contributed by atoms with van der Waals surface area (Å²) in [5, 5.41) is 3.80. The van der Waals surface area contributed by atoms with Crippen molar-refractivity contribution < 1.29 is 9.47 Å². The minimum atomic E-state index is 0.191. The third kappa shape index (κ3) is 2.87. The Morgan fingerprint density at radius 3 is 3.00 bits per heavy atom. The molecule has 0 radical (unpaired) electrons. The van der Waals surface area contributed by atoms with Gasteiger partial charge >= 0.3 is 0 Å². The molecule has 1 N–H and O–H groups in total. The first-order valence-corrected chi connectivity index (χ1v) is 8.52. The Hall–Kier alpha value is 0.230. The minimum Gasteiger partial charge on any atom is -0.377 e. The van der Waals surface area contributed by atoms with Crippen molar-refractivity contribution in [3.05, 3.63) is 0 Å². The molecule has 3 heterocycles. The molecule has 0 aromatic carbocycles. The molecule has 3 saturated heterocycles. The normalized spacial score (nSPS) is 42.5. The summed E-state index contributed by atoms with van der Waals surface area (Å²) in [6.45, 7) is 4.16. The van der Waals surface area contributed by atoms with Crippen LogP contribution in [-0.4, -0.2) is 48.5 Å². The Kier molecular flexibility index (Phi) is 4.18. The van der Waals surface area contributed by atoms with Gasteiger partial charge in [-0.05, 0) is 44.8 Å². The van der Waals surface area contributed by atoms with Gasteiger partial charge in [0, 0.05) is 31.1 Å². The molecule has 4 heteroatoms. The summed E-state index contributed by atoms with van der Waals surface area (Å²) in [6, 6.07) is 1.11. The van der Waals surface area contributed by atoms with Gasteiger partial charge in [0.05, 0.1) is 11.7 Å². The molecule has 104 valence electrons. The molecular weight excluding hydrogens is 246 g/mol. The zero-order valence-electron chi connectivity index (χ0n) is 11.3. The molecule has 3 nitrogen and oxygen atoms in total. The van der Waals surface area contributed by atoms with Crippen LogP contribution in [0.1, 0.15) is 39.0 Å². The van der Waals surface area contributed by atoms with Crippen LogP contribution in [0.5, 0.6) is 0 Å². The highest BCUT2D eigenvalue weighted by Gasteiger charge is 2.41. The van der Waals surface area contributed by atoms with Crippen molar-refractivity contribution in [1.82, 2.24) is 5.32 Å². The summed E-state index contributed by atoms with van der Waals surface area (Å²) in [4.78, 5) is 0. The van der Waals surface area contributed by atoms with Crippen LogP contribution in [0.2, 0.25) is 0 Å². The second-order valence-corrected chi connectivity index (χ2v) is 7.14. The molecule has 3 aliphatic rings. The molecule has 0 aromatic rings. The van der Waals surface area contributed by atoms with Gasteiger partial charge in [-0.15, -0.1) is 0 Å². The molecule has 4 atom stereocenters. The van der Waals surface area contributed by atoms with Crippen molar-refractivity contribution >= 4 is 11.8 Å². The maximum absolute atomic E-state index is 6.07. The number of nitrogens with one attached hydrogen (secondary N) is 1. The molecule has 1 spiro atoms. The molecular formula is C14H25NO2S. The second kappa shape index (κ2) is 5.70. The quantitative estimate of drug-likeness (QED) is 0.852. The van der Waals surface area contributed by atoms with E-state index in [1.165, 1.54) is 37.2 Å². The molecule has 0 amide bonds. The van der Waals surface area contributed by atoms with Crippen LogP contribution in [0, 0.1) is 0 Å². The number of rotatable bonds is 3. The molecule has 0 aliphatic carbocycles. The molecule has 3 fully saturated rings. The fourth-order valence-corrected chi connectivity index (χ4v) is 4.89. The van der Waals surface area contributed by atoms with Gasteiger partial charge in [0.15, 0.2) is 0 Å². The zero-order chi connectivity index (χ0) is 12.4. The van der Waals surface area contributed by atoms with Gasteiger partial charge in [-0.2, -0.15) is 11.8 Å². The van der Waals surface area contributed by atoms with Crippen molar-refractivity contribution in [1.29, 1.82) is 0 Å². The molecule has 0 bridgehead atoms. The van der Waals surface area contributed by atoms with E-state index in [1.807, 2.05) is 11.8 Å². The average molecular weight is 271 g/mol. The predicted molar refractivity (Wildman–Crippen MR) is 75.2 cm³/mol. The van der Waals surface area contributed by atoms with Gasteiger partial charge < -0.3 is 14.8 Å². The molecule has 4 unspecified atom stereocenters. The van der Waals surface area contributed by atoms with E-state index in [0.29, 0.717) is 18.2 Å². The highest BCUT2D eigenvalue weighted by molar-refractivity contribution is 7.99. The maximum Gasteiger partial charge on any atom is 0.0795 e. The number of hydrogen-bond acceptors (Lipinski definition) is 4. The molecule has 0 saturated carbocycles. The minimum absolute atomic E-state index is 0.191. The Labute approximate surface area is 114 Å². The average Bonchev–Trinajstić information content (AvgIpc) is 3.01. The second-order valence-electron chi connectivity index (χ2n) is 6.03. The van der Waals surface area contributed by atoms with Crippen LogP contribution >= 0.6 is 11.8 Å². The van der Waals surface area contributed by atoms with Gasteiger partial charge in [-0.1, -0.05) is 0 Å². The van der Waals surface area contributed by atoms with E-state index in [2.05, 4.69) is 12.2 Å². The van der Waals surface area contributed by atoms with E-state index in [1.54, 1.807) is 0 Å². The Bertz CT molecular complexity index is 275. The molecule has 0 aromatic heterocycles. The first kappa shape index (κ1) is 13.2. The maximum atomic E-state index is 6.07. The SMILES string of the molecule is CC(NC1CCOC2(CCSC2)C1)C1CCCO1. The lowest BCUT2D eigenvalue weighted by Gasteiger charge is -2.39. The van der Waals surface area contributed by atoms with Gasteiger partial charge in [0.1, 0.15) is 0 Å². The van der Waals surface area contributed by atoms with E-state index in [4.69, 9.17) is 9.47 Å². The lowest BCUT2D eigenvalue weighted by molar-refractivity contribution is -0.0732. The zero-order valence-corrected chi connectivity index (χ0v) is 12.1. The highest BCUT2D eigenvalue weighted by atomic mass is 32.2. The Morgan fingerprint density at radius 1 is 1.33 bits per heavy atom. The fourth-order valence-electron chi connectivity index (χ4n) is 3.51. The van der Waals surface area contributed by atoms with Crippen LogP contribution < -0.4 is 5.32 Å². The van der Waals surface area contributed by atoms with E-state index >= 15 is 0 Å². The monoisotopic (exact) mass is 271 g/mol. The van der Waals surface area contributed by atoms with E-state index < -0.39 is 0 Å². The summed E-state index contributed by atoms with van der Waals surface area (Å²) in [5.41, 5.74) is 0.191. The smallest absolute Gasteiger partial charge is 0.0795 e. The standard InChI is InChI=1S/C14H25NO2S/c1-11(13-3-2-6-16-13)15-12-4-7-17-14(9-12)5-8-18-10-14/h11-13,15H,2-10H2,1H3. The van der Waals surface area contributed by atoms with E-state index in [-0.39, 0.29) is 5.60 Å². The molecule has 18 heavy (non-hydrogen) atoms. The lowest BCUT2D eigenvalue weighted by Crippen LogP contribution is -2.51. The van der Waals surface area contributed by atoms with Crippen molar-refractivity contribution in [3.8, 4) is 0 Å². The van der Waals surface area contributed by atoms with E-state index in [9.17, 15) is 0 Å². The fraction of sp³-hybridized carbons (Fsp3) is 1.00. The summed E-state index contributed by atoms with van der Waals surface area (Å²) < 4.78 is 11.8.